The van der Waals surface area contributed by atoms with Crippen LogP contribution in [0.4, 0.5) is 0 Å². The molecule has 0 atom stereocenters. The molecule has 0 saturated carbocycles. The van der Waals surface area contributed by atoms with E-state index in [0.29, 0.717) is 27.1 Å². The Morgan fingerprint density at radius 2 is 1.88 bits per heavy atom. The molecular formula is C18H16Cl2O4. The Morgan fingerprint density at radius 3 is 2.54 bits per heavy atom. The maximum Gasteiger partial charge on any atom is 0.330 e. The average Bonchev–Trinajstić information content (AvgIpc) is 2.59. The third-order valence-corrected chi connectivity index (χ3v) is 3.84. The zero-order chi connectivity index (χ0) is 17.5. The van der Waals surface area contributed by atoms with Crippen molar-refractivity contribution in [1.29, 1.82) is 0 Å². The van der Waals surface area contributed by atoms with Crippen LogP contribution in [0.2, 0.25) is 10.0 Å². The summed E-state index contributed by atoms with van der Waals surface area (Å²) in [5.74, 6) is 0.414. The largest absolute Gasteiger partial charge is 0.493 e. The van der Waals surface area contributed by atoms with E-state index in [-0.39, 0.29) is 6.61 Å². The quantitative estimate of drug-likeness (QED) is 0.545. The second-order valence-electron chi connectivity index (χ2n) is 4.77. The van der Waals surface area contributed by atoms with Gasteiger partial charge in [-0.3, -0.25) is 0 Å². The molecule has 2 aromatic rings. The van der Waals surface area contributed by atoms with Crippen molar-refractivity contribution in [2.45, 2.75) is 6.61 Å². The lowest BCUT2D eigenvalue weighted by Crippen LogP contribution is -1.99. The minimum absolute atomic E-state index is 0.257. The van der Waals surface area contributed by atoms with Crippen molar-refractivity contribution < 1.29 is 19.0 Å². The summed E-state index contributed by atoms with van der Waals surface area (Å²) in [5, 5.41) is 0.983. The molecular weight excluding hydrogens is 351 g/mol. The molecule has 4 nitrogen and oxygen atoms in total. The predicted octanol–water partition coefficient (Wildman–Crippen LogP) is 4.77. The van der Waals surface area contributed by atoms with Gasteiger partial charge in [-0.2, -0.15) is 0 Å². The van der Waals surface area contributed by atoms with E-state index in [2.05, 4.69) is 4.74 Å². The van der Waals surface area contributed by atoms with Crippen LogP contribution >= 0.6 is 23.2 Å². The number of halogens is 2. The van der Waals surface area contributed by atoms with Crippen LogP contribution in [0.1, 0.15) is 11.1 Å². The molecule has 2 rings (SSSR count). The van der Waals surface area contributed by atoms with Gasteiger partial charge in [0.1, 0.15) is 6.61 Å². The molecule has 0 aliphatic carbocycles. The van der Waals surface area contributed by atoms with E-state index < -0.39 is 5.97 Å². The van der Waals surface area contributed by atoms with E-state index in [9.17, 15) is 4.79 Å². The fourth-order valence-electron chi connectivity index (χ4n) is 1.97. The second kappa shape index (κ2) is 8.62. The summed E-state index contributed by atoms with van der Waals surface area (Å²) in [5.41, 5.74) is 1.53. The van der Waals surface area contributed by atoms with Crippen LogP contribution in [0.25, 0.3) is 6.08 Å². The van der Waals surface area contributed by atoms with Gasteiger partial charge in [-0.05, 0) is 29.8 Å². The molecule has 0 saturated heterocycles. The number of carbonyl (C=O) groups excluding carboxylic acids is 1. The van der Waals surface area contributed by atoms with E-state index >= 15 is 0 Å². The van der Waals surface area contributed by atoms with Crippen LogP contribution < -0.4 is 9.47 Å². The van der Waals surface area contributed by atoms with Crippen LogP contribution in [0.5, 0.6) is 11.5 Å². The van der Waals surface area contributed by atoms with Gasteiger partial charge in [0.25, 0.3) is 0 Å². The van der Waals surface area contributed by atoms with Crippen molar-refractivity contribution >= 4 is 35.2 Å². The van der Waals surface area contributed by atoms with Gasteiger partial charge in [-0.15, -0.1) is 0 Å². The van der Waals surface area contributed by atoms with Gasteiger partial charge in [-0.25, -0.2) is 4.79 Å². The Labute approximate surface area is 150 Å². The Kier molecular flexibility index (Phi) is 6.53. The van der Waals surface area contributed by atoms with E-state index in [1.807, 2.05) is 18.2 Å². The number of rotatable bonds is 6. The first-order valence-electron chi connectivity index (χ1n) is 7.05. The number of ether oxygens (including phenoxy) is 3. The summed E-state index contributed by atoms with van der Waals surface area (Å²) in [7, 11) is 2.83. The Hall–Kier alpha value is -2.17. The van der Waals surface area contributed by atoms with Crippen molar-refractivity contribution in [1.82, 2.24) is 0 Å². The van der Waals surface area contributed by atoms with Crippen molar-refractivity contribution in [3.8, 4) is 11.5 Å². The minimum atomic E-state index is -0.455. The highest BCUT2D eigenvalue weighted by Crippen LogP contribution is 2.37. The SMILES string of the molecule is COC(=O)/C=C/c1cc(Cl)c(OCc2ccccc2Cl)c(OC)c1. The maximum absolute atomic E-state index is 11.2. The normalized spacial score (nSPS) is 10.7. The van der Waals surface area contributed by atoms with Gasteiger partial charge in [-0.1, -0.05) is 41.4 Å². The number of methoxy groups -OCH3 is 2. The highest BCUT2D eigenvalue weighted by atomic mass is 35.5. The van der Waals surface area contributed by atoms with Gasteiger partial charge in [0.15, 0.2) is 11.5 Å². The summed E-state index contributed by atoms with van der Waals surface area (Å²) in [6, 6.07) is 10.8. The van der Waals surface area contributed by atoms with Gasteiger partial charge in [0.05, 0.1) is 19.2 Å². The molecule has 24 heavy (non-hydrogen) atoms. The zero-order valence-corrected chi connectivity index (χ0v) is 14.7. The Morgan fingerprint density at radius 1 is 1.12 bits per heavy atom. The predicted molar refractivity (Wildman–Crippen MR) is 94.8 cm³/mol. The molecule has 0 N–H and O–H groups in total. The van der Waals surface area contributed by atoms with Crippen LogP contribution in [0.15, 0.2) is 42.5 Å². The highest BCUT2D eigenvalue weighted by molar-refractivity contribution is 6.32. The first-order valence-corrected chi connectivity index (χ1v) is 7.80. The number of hydrogen-bond donors (Lipinski definition) is 0. The zero-order valence-electron chi connectivity index (χ0n) is 13.2. The Balaban J connectivity index is 2.22. The van der Waals surface area contributed by atoms with Crippen LogP contribution in [0, 0.1) is 0 Å². The van der Waals surface area contributed by atoms with E-state index in [1.54, 1.807) is 24.3 Å². The average molecular weight is 367 g/mol. The molecule has 0 spiro atoms. The van der Waals surface area contributed by atoms with Crippen molar-refractivity contribution in [3.63, 3.8) is 0 Å². The summed E-state index contributed by atoms with van der Waals surface area (Å²) in [6.45, 7) is 0.257. The first-order chi connectivity index (χ1) is 11.5. The molecule has 0 unspecified atom stereocenters. The molecule has 126 valence electrons. The number of benzene rings is 2. The molecule has 0 heterocycles. The lowest BCUT2D eigenvalue weighted by atomic mass is 10.2. The first kappa shape index (κ1) is 18.2. The topological polar surface area (TPSA) is 44.8 Å². The minimum Gasteiger partial charge on any atom is -0.493 e. The third kappa shape index (κ3) is 4.66. The van der Waals surface area contributed by atoms with Gasteiger partial charge in [0, 0.05) is 16.7 Å². The molecule has 0 bridgehead atoms. The molecule has 6 heteroatoms. The highest BCUT2D eigenvalue weighted by Gasteiger charge is 2.12. The fraction of sp³-hybridized carbons (Fsp3) is 0.167. The van der Waals surface area contributed by atoms with Gasteiger partial charge < -0.3 is 14.2 Å². The third-order valence-electron chi connectivity index (χ3n) is 3.19. The van der Waals surface area contributed by atoms with Crippen molar-refractivity contribution in [3.05, 3.63) is 63.6 Å². The summed E-state index contributed by atoms with van der Waals surface area (Å²) in [6.07, 6.45) is 2.88. The monoisotopic (exact) mass is 366 g/mol. The molecule has 0 aromatic heterocycles. The molecule has 0 aliphatic heterocycles. The Bertz CT molecular complexity index is 757. The second-order valence-corrected chi connectivity index (χ2v) is 5.59. The van der Waals surface area contributed by atoms with Crippen LogP contribution in [-0.2, 0) is 16.1 Å². The molecule has 0 radical (unpaired) electrons. The van der Waals surface area contributed by atoms with E-state index in [4.69, 9.17) is 32.7 Å². The number of carbonyl (C=O) groups is 1. The molecule has 0 aliphatic rings. The molecule has 0 fully saturated rings. The summed E-state index contributed by atoms with van der Waals surface area (Å²) in [4.78, 5) is 11.2. The smallest absolute Gasteiger partial charge is 0.330 e. The molecule has 2 aromatic carbocycles. The van der Waals surface area contributed by atoms with Gasteiger partial charge in [0.2, 0.25) is 0 Å². The van der Waals surface area contributed by atoms with E-state index in [1.165, 1.54) is 20.3 Å². The summed E-state index contributed by atoms with van der Waals surface area (Å²) < 4.78 is 15.7. The lowest BCUT2D eigenvalue weighted by molar-refractivity contribution is -0.134. The lowest BCUT2D eigenvalue weighted by Gasteiger charge is -2.14. The standard InChI is InChI=1S/C18H16Cl2O4/c1-22-16-10-12(7-8-17(21)23-2)9-15(20)18(16)24-11-13-5-3-4-6-14(13)19/h3-10H,11H2,1-2H3/b8-7+. The summed E-state index contributed by atoms with van der Waals surface area (Å²) >= 11 is 12.4. The van der Waals surface area contributed by atoms with Crippen LogP contribution in [0.3, 0.4) is 0 Å². The number of esters is 1. The van der Waals surface area contributed by atoms with Crippen molar-refractivity contribution in [2.75, 3.05) is 14.2 Å². The maximum atomic E-state index is 11.2. The van der Waals surface area contributed by atoms with Crippen LogP contribution in [-0.4, -0.2) is 20.2 Å². The molecule has 0 amide bonds. The number of hydrogen-bond acceptors (Lipinski definition) is 4. The fourth-order valence-corrected chi connectivity index (χ4v) is 2.44. The van der Waals surface area contributed by atoms with Gasteiger partial charge >= 0.3 is 5.97 Å². The van der Waals surface area contributed by atoms with E-state index in [0.717, 1.165) is 5.56 Å². The van der Waals surface area contributed by atoms with Crippen molar-refractivity contribution in [2.24, 2.45) is 0 Å².